The highest BCUT2D eigenvalue weighted by molar-refractivity contribution is 7.92. The molecule has 0 atom stereocenters. The predicted octanol–water partition coefficient (Wildman–Crippen LogP) is 1.41. The van der Waals surface area contributed by atoms with Crippen molar-refractivity contribution < 1.29 is 27.0 Å². The van der Waals surface area contributed by atoms with Gasteiger partial charge in [-0.25, -0.2) is 8.42 Å². The van der Waals surface area contributed by atoms with Gasteiger partial charge in [0.05, 0.1) is 16.3 Å². The molecule has 11 heteroatoms. The first-order valence-electron chi connectivity index (χ1n) is 8.98. The molecule has 0 aliphatic carbocycles. The van der Waals surface area contributed by atoms with Crippen molar-refractivity contribution in [2.75, 3.05) is 10.8 Å². The molecule has 0 fully saturated rings. The maximum absolute atomic E-state index is 13.0. The summed E-state index contributed by atoms with van der Waals surface area (Å²) in [5.74, 6) is -0.172. The fourth-order valence-corrected chi connectivity index (χ4v) is 4.59. The average molecular weight is 450 g/mol. The third-order valence-electron chi connectivity index (χ3n) is 4.75. The average Bonchev–Trinajstić information content (AvgIpc) is 3.15. The second kappa shape index (κ2) is 7.99. The largest absolute Gasteiger partial charge is 0.476 e. The lowest BCUT2D eigenvalue weighted by molar-refractivity contribution is -0.165. The van der Waals surface area contributed by atoms with Crippen LogP contribution in [0.1, 0.15) is 16.7 Å². The molecule has 0 spiro atoms. The van der Waals surface area contributed by atoms with Crippen molar-refractivity contribution in [3.05, 3.63) is 71.3 Å². The highest BCUT2D eigenvalue weighted by atomic mass is 32.2. The van der Waals surface area contributed by atoms with Crippen molar-refractivity contribution in [3.8, 4) is 0 Å². The fraction of sp³-hybridized carbons (Fsp3) is 0.150. The number of hydrogen-bond acceptors (Lipinski definition) is 4. The molecule has 1 heterocycles. The van der Waals surface area contributed by atoms with Crippen molar-refractivity contribution in [3.63, 3.8) is 0 Å². The molecule has 0 saturated carbocycles. The summed E-state index contributed by atoms with van der Waals surface area (Å²) in [6.45, 7) is 0.188. The number of alkyl halides is 3. The van der Waals surface area contributed by atoms with Gasteiger partial charge in [0.15, 0.2) is 0 Å². The zero-order valence-electron chi connectivity index (χ0n) is 16.1. The summed E-state index contributed by atoms with van der Waals surface area (Å²) < 4.78 is 64.7. The van der Waals surface area contributed by atoms with Gasteiger partial charge in [-0.1, -0.05) is 6.07 Å². The Hall–Kier alpha value is -3.47. The lowest BCUT2D eigenvalue weighted by Crippen LogP contribution is -2.47. The maximum Gasteiger partial charge on any atom is 0.476 e. The van der Waals surface area contributed by atoms with Crippen LogP contribution in [-0.4, -0.2) is 38.4 Å². The predicted molar refractivity (Wildman–Crippen MR) is 111 cm³/mol. The van der Waals surface area contributed by atoms with E-state index in [-0.39, 0.29) is 23.0 Å². The fourth-order valence-electron chi connectivity index (χ4n) is 3.09. The standard InChI is InChI=1S/C20H18F3N5O2S/c21-20(22,23)18(25)8-6-16(24)13-3-7-17-14(11-13)9-10-28(17)31(29,30)15-4-1-12(2-5-15)19(26)27/h1-8,11,24-25H,9-10H2,(H3,26,27)/p+1/b8-6-,24-16?,25-18?. The van der Waals surface area contributed by atoms with E-state index >= 15 is 0 Å². The van der Waals surface area contributed by atoms with E-state index < -0.39 is 21.9 Å². The van der Waals surface area contributed by atoms with Crippen LogP contribution < -0.4 is 15.4 Å². The van der Waals surface area contributed by atoms with Crippen molar-refractivity contribution in [2.24, 2.45) is 5.73 Å². The zero-order valence-corrected chi connectivity index (χ0v) is 16.9. The number of hydrogen-bond donors (Lipinski definition) is 4. The third kappa shape index (κ3) is 4.50. The van der Waals surface area contributed by atoms with Crippen molar-refractivity contribution >= 4 is 33.0 Å². The molecule has 0 amide bonds. The molecule has 0 bridgehead atoms. The summed E-state index contributed by atoms with van der Waals surface area (Å²) in [6.07, 6.45) is -2.71. The molecule has 2 aromatic carbocycles. The molecule has 2 aromatic rings. The van der Waals surface area contributed by atoms with E-state index in [1.807, 2.05) is 0 Å². The van der Waals surface area contributed by atoms with Gasteiger partial charge in [0, 0.05) is 18.2 Å². The Morgan fingerprint density at radius 2 is 1.68 bits per heavy atom. The molecule has 3 rings (SSSR count). The van der Waals surface area contributed by atoms with Gasteiger partial charge in [0.2, 0.25) is 0 Å². The van der Waals surface area contributed by atoms with Crippen LogP contribution in [-0.2, 0) is 16.4 Å². The van der Waals surface area contributed by atoms with Gasteiger partial charge in [0.1, 0.15) is 5.84 Å². The third-order valence-corrected chi connectivity index (χ3v) is 6.58. The van der Waals surface area contributed by atoms with Crippen LogP contribution in [0.3, 0.4) is 0 Å². The normalized spacial score (nSPS) is 14.0. The van der Waals surface area contributed by atoms with Gasteiger partial charge >= 0.3 is 6.18 Å². The van der Waals surface area contributed by atoms with Gasteiger partial charge in [-0.2, -0.15) is 13.2 Å². The van der Waals surface area contributed by atoms with E-state index in [9.17, 15) is 21.6 Å². The molecule has 0 saturated heterocycles. The monoisotopic (exact) mass is 450 g/mol. The smallest absolute Gasteiger partial charge is 0.384 e. The van der Waals surface area contributed by atoms with Crippen LogP contribution in [0.5, 0.6) is 0 Å². The number of nitrogens with zero attached hydrogens (tertiary/aromatic N) is 1. The van der Waals surface area contributed by atoms with E-state index in [4.69, 9.17) is 22.0 Å². The number of benzene rings is 2. The Kier molecular flexibility index (Phi) is 5.72. The maximum atomic E-state index is 13.0. The van der Waals surface area contributed by atoms with Crippen molar-refractivity contribution in [1.82, 2.24) is 0 Å². The van der Waals surface area contributed by atoms with Gasteiger partial charge < -0.3 is 11.1 Å². The first-order chi connectivity index (χ1) is 14.4. The van der Waals surface area contributed by atoms with Gasteiger partial charge in [-0.15, -0.1) is 0 Å². The summed E-state index contributed by atoms with van der Waals surface area (Å²) in [7, 11) is -3.86. The van der Waals surface area contributed by atoms with E-state index in [0.29, 0.717) is 34.9 Å². The molecule has 0 unspecified atom stereocenters. The van der Waals surface area contributed by atoms with Gasteiger partial charge in [-0.3, -0.25) is 15.1 Å². The highest BCUT2D eigenvalue weighted by Crippen LogP contribution is 2.33. The van der Waals surface area contributed by atoms with Crippen LogP contribution in [0.15, 0.2) is 59.5 Å². The van der Waals surface area contributed by atoms with E-state index in [0.717, 1.165) is 6.08 Å². The molecule has 31 heavy (non-hydrogen) atoms. The Morgan fingerprint density at radius 3 is 2.26 bits per heavy atom. The minimum absolute atomic E-state index is 0.0447. The number of nitrogen functional groups attached to an aromatic ring is 1. The molecule has 0 aromatic heterocycles. The first kappa shape index (κ1) is 22.2. The van der Waals surface area contributed by atoms with Crippen LogP contribution in [0.25, 0.3) is 0 Å². The molecule has 1 aliphatic heterocycles. The summed E-state index contributed by atoms with van der Waals surface area (Å²) in [5.41, 5.74) is 5.74. The van der Waals surface area contributed by atoms with Crippen molar-refractivity contribution in [1.29, 1.82) is 10.8 Å². The van der Waals surface area contributed by atoms with Gasteiger partial charge in [0.25, 0.3) is 15.7 Å². The molecule has 162 valence electrons. The summed E-state index contributed by atoms with van der Waals surface area (Å²) in [5, 5.41) is 20.3. The number of nitrogens with two attached hydrogens (primary N) is 2. The Labute approximate surface area is 176 Å². The molecule has 6 N–H and O–H groups in total. The van der Waals surface area contributed by atoms with Crippen LogP contribution >= 0.6 is 0 Å². The Balaban J connectivity index is 1.84. The number of nitrogens with one attached hydrogen (secondary N) is 2. The summed E-state index contributed by atoms with van der Waals surface area (Å²) in [6, 6.07) is 10.2. The lowest BCUT2D eigenvalue weighted by Gasteiger charge is -2.20. The van der Waals surface area contributed by atoms with E-state index in [2.05, 4.69) is 0 Å². The molecule has 7 nitrogen and oxygen atoms in total. The summed E-state index contributed by atoms with van der Waals surface area (Å²) >= 11 is 0. The molecular weight excluding hydrogens is 431 g/mol. The molecule has 1 aliphatic rings. The molecule has 0 radical (unpaired) electrons. The number of anilines is 1. The highest BCUT2D eigenvalue weighted by Gasteiger charge is 2.37. The second-order valence-electron chi connectivity index (χ2n) is 6.81. The van der Waals surface area contributed by atoms with Gasteiger partial charge in [-0.05, 0) is 60.0 Å². The number of fused-ring (bicyclic) bond motifs is 1. The molecular formula is C20H19F3N5O2S+. The van der Waals surface area contributed by atoms with Crippen molar-refractivity contribution in [2.45, 2.75) is 17.5 Å². The number of amidine groups is 1. The Morgan fingerprint density at radius 1 is 1.06 bits per heavy atom. The topological polar surface area (TPSA) is 137 Å². The van der Waals surface area contributed by atoms with Crippen LogP contribution in [0.2, 0.25) is 0 Å². The van der Waals surface area contributed by atoms with E-state index in [1.165, 1.54) is 40.7 Å². The zero-order chi connectivity index (χ0) is 23.0. The lowest BCUT2D eigenvalue weighted by atomic mass is 10.0. The van der Waals surface area contributed by atoms with Crippen LogP contribution in [0.4, 0.5) is 18.9 Å². The van der Waals surface area contributed by atoms with Crippen LogP contribution in [0, 0.1) is 10.8 Å². The second-order valence-corrected chi connectivity index (χ2v) is 8.67. The number of allylic oxidation sites excluding steroid dienone is 2. The minimum atomic E-state index is -4.67. The van der Waals surface area contributed by atoms with E-state index in [1.54, 1.807) is 6.07 Å². The quantitative estimate of drug-likeness (QED) is 0.391. The summed E-state index contributed by atoms with van der Waals surface area (Å²) in [4.78, 5) is 0.0447. The number of halogens is 3. The SMILES string of the molecule is N=C(N)c1ccc(S(=O)(=O)N2CCc3cc(C(=N)/C=C\C(=[NH2+])C(F)(F)F)ccc32)cc1. The minimum Gasteiger partial charge on any atom is -0.384 e. The number of rotatable bonds is 6. The number of sulfonamides is 1. The Bertz CT molecular complexity index is 1200. The first-order valence-corrected chi connectivity index (χ1v) is 10.4.